The van der Waals surface area contributed by atoms with E-state index in [-0.39, 0.29) is 0 Å². The summed E-state index contributed by atoms with van der Waals surface area (Å²) in [5.41, 5.74) is 8.96. The Kier molecular flexibility index (Phi) is 2.46. The quantitative estimate of drug-likeness (QED) is 0.779. The minimum absolute atomic E-state index is 0.675. The third-order valence-corrected chi connectivity index (χ3v) is 2.36. The van der Waals surface area contributed by atoms with Gasteiger partial charge in [0.15, 0.2) is 0 Å². The van der Waals surface area contributed by atoms with Crippen molar-refractivity contribution >= 4 is 10.9 Å². The van der Waals surface area contributed by atoms with Gasteiger partial charge in [0.25, 0.3) is 0 Å². The number of rotatable bonds is 2. The average molecular weight is 186 g/mol. The molecule has 1 heterocycles. The zero-order chi connectivity index (χ0) is 9.97. The highest BCUT2D eigenvalue weighted by molar-refractivity contribution is 5.81. The van der Waals surface area contributed by atoms with Gasteiger partial charge in [0.05, 0.1) is 5.52 Å². The van der Waals surface area contributed by atoms with Crippen molar-refractivity contribution < 1.29 is 0 Å². The van der Waals surface area contributed by atoms with E-state index in [4.69, 9.17) is 5.73 Å². The van der Waals surface area contributed by atoms with Crippen molar-refractivity contribution in [3.63, 3.8) is 0 Å². The van der Waals surface area contributed by atoms with Crippen molar-refractivity contribution in [1.82, 2.24) is 4.98 Å². The van der Waals surface area contributed by atoms with Crippen LogP contribution in [0.1, 0.15) is 11.3 Å². The number of aryl methyl sites for hydroxylation is 1. The standard InChI is InChI=1S/C12H14N2/c1-9-5-6-10-3-2-4-11(7-8-13)12(10)14-9/h2-6H,7-8,13H2,1H3. The number of nitrogens with two attached hydrogens (primary N) is 1. The van der Waals surface area contributed by atoms with Gasteiger partial charge in [-0.15, -0.1) is 0 Å². The van der Waals surface area contributed by atoms with Crippen molar-refractivity contribution in [3.8, 4) is 0 Å². The molecular weight excluding hydrogens is 172 g/mol. The van der Waals surface area contributed by atoms with Crippen LogP contribution in [0.3, 0.4) is 0 Å². The molecule has 2 heteroatoms. The molecule has 2 rings (SSSR count). The molecule has 14 heavy (non-hydrogen) atoms. The maximum Gasteiger partial charge on any atom is 0.0737 e. The Morgan fingerprint density at radius 2 is 2.07 bits per heavy atom. The zero-order valence-corrected chi connectivity index (χ0v) is 8.33. The molecule has 2 N–H and O–H groups in total. The molecule has 0 atom stereocenters. The molecule has 2 aromatic rings. The molecule has 1 aromatic carbocycles. The van der Waals surface area contributed by atoms with Crippen molar-refractivity contribution in [2.45, 2.75) is 13.3 Å². The first-order valence-electron chi connectivity index (χ1n) is 4.86. The molecule has 0 saturated carbocycles. The number of para-hydroxylation sites is 1. The first-order valence-corrected chi connectivity index (χ1v) is 4.86. The largest absolute Gasteiger partial charge is 0.330 e. The Morgan fingerprint density at radius 1 is 1.21 bits per heavy atom. The minimum Gasteiger partial charge on any atom is -0.330 e. The topological polar surface area (TPSA) is 38.9 Å². The van der Waals surface area contributed by atoms with Gasteiger partial charge in [-0.05, 0) is 31.5 Å². The van der Waals surface area contributed by atoms with E-state index in [0.29, 0.717) is 6.54 Å². The molecule has 0 radical (unpaired) electrons. The number of benzene rings is 1. The Balaban J connectivity index is 2.64. The summed E-state index contributed by atoms with van der Waals surface area (Å²) >= 11 is 0. The summed E-state index contributed by atoms with van der Waals surface area (Å²) in [5, 5.41) is 1.20. The Hall–Kier alpha value is -1.41. The van der Waals surface area contributed by atoms with Crippen LogP contribution in [0.2, 0.25) is 0 Å². The second kappa shape index (κ2) is 3.76. The Bertz CT molecular complexity index is 449. The molecule has 72 valence electrons. The highest BCUT2D eigenvalue weighted by atomic mass is 14.7. The molecule has 0 spiro atoms. The van der Waals surface area contributed by atoms with Gasteiger partial charge in [0.2, 0.25) is 0 Å². The summed E-state index contributed by atoms with van der Waals surface area (Å²) in [6.07, 6.45) is 0.897. The van der Waals surface area contributed by atoms with E-state index in [9.17, 15) is 0 Å². The van der Waals surface area contributed by atoms with Crippen LogP contribution < -0.4 is 5.73 Å². The second-order valence-electron chi connectivity index (χ2n) is 3.48. The molecule has 0 amide bonds. The zero-order valence-electron chi connectivity index (χ0n) is 8.33. The molecule has 0 unspecified atom stereocenters. The van der Waals surface area contributed by atoms with E-state index >= 15 is 0 Å². The SMILES string of the molecule is Cc1ccc2cccc(CCN)c2n1. The van der Waals surface area contributed by atoms with E-state index in [2.05, 4.69) is 29.2 Å². The van der Waals surface area contributed by atoms with Crippen LogP contribution in [0.5, 0.6) is 0 Å². The monoisotopic (exact) mass is 186 g/mol. The summed E-state index contributed by atoms with van der Waals surface area (Å²) in [4.78, 5) is 4.54. The molecule has 2 nitrogen and oxygen atoms in total. The average Bonchev–Trinajstić information content (AvgIpc) is 2.19. The van der Waals surface area contributed by atoms with Crippen LogP contribution >= 0.6 is 0 Å². The van der Waals surface area contributed by atoms with Crippen molar-refractivity contribution in [2.24, 2.45) is 5.73 Å². The molecule has 0 bridgehead atoms. The van der Waals surface area contributed by atoms with E-state index in [0.717, 1.165) is 17.6 Å². The number of aromatic nitrogens is 1. The molecule has 0 aliphatic heterocycles. The first kappa shape index (κ1) is 9.16. The lowest BCUT2D eigenvalue weighted by Crippen LogP contribution is -2.03. The van der Waals surface area contributed by atoms with Gasteiger partial charge < -0.3 is 5.73 Å². The number of nitrogens with zero attached hydrogens (tertiary/aromatic N) is 1. The molecule has 0 aliphatic carbocycles. The van der Waals surface area contributed by atoms with Crippen molar-refractivity contribution in [1.29, 1.82) is 0 Å². The first-order chi connectivity index (χ1) is 6.81. The van der Waals surface area contributed by atoms with Crippen LogP contribution in [0.4, 0.5) is 0 Å². The normalized spacial score (nSPS) is 10.7. The third-order valence-electron chi connectivity index (χ3n) is 2.36. The number of pyridine rings is 1. The lowest BCUT2D eigenvalue weighted by molar-refractivity contribution is 0.972. The highest BCUT2D eigenvalue weighted by Gasteiger charge is 2.00. The van der Waals surface area contributed by atoms with Crippen LogP contribution in [0.25, 0.3) is 10.9 Å². The summed E-state index contributed by atoms with van der Waals surface area (Å²) in [5.74, 6) is 0. The fourth-order valence-electron chi connectivity index (χ4n) is 1.66. The Labute approximate surface area is 83.8 Å². The van der Waals surface area contributed by atoms with E-state index in [1.165, 1.54) is 10.9 Å². The summed E-state index contributed by atoms with van der Waals surface area (Å²) in [6, 6.07) is 10.4. The minimum atomic E-state index is 0.675. The molecule has 0 fully saturated rings. The van der Waals surface area contributed by atoms with Gasteiger partial charge in [-0.3, -0.25) is 4.98 Å². The summed E-state index contributed by atoms with van der Waals surface area (Å²) < 4.78 is 0. The van der Waals surface area contributed by atoms with Gasteiger partial charge in [0.1, 0.15) is 0 Å². The maximum atomic E-state index is 5.56. The smallest absolute Gasteiger partial charge is 0.0737 e. The second-order valence-corrected chi connectivity index (χ2v) is 3.48. The van der Waals surface area contributed by atoms with Crippen LogP contribution in [0, 0.1) is 6.92 Å². The number of hydrogen-bond acceptors (Lipinski definition) is 2. The lowest BCUT2D eigenvalue weighted by atomic mass is 10.1. The lowest BCUT2D eigenvalue weighted by Gasteiger charge is -2.04. The van der Waals surface area contributed by atoms with Crippen LogP contribution in [0.15, 0.2) is 30.3 Å². The molecule has 0 aliphatic rings. The number of hydrogen-bond donors (Lipinski definition) is 1. The van der Waals surface area contributed by atoms with Crippen LogP contribution in [-0.4, -0.2) is 11.5 Å². The molecule has 1 aromatic heterocycles. The third kappa shape index (κ3) is 1.61. The predicted octanol–water partition coefficient (Wildman–Crippen LogP) is 2.04. The van der Waals surface area contributed by atoms with E-state index in [1.54, 1.807) is 0 Å². The summed E-state index contributed by atoms with van der Waals surface area (Å²) in [7, 11) is 0. The van der Waals surface area contributed by atoms with E-state index < -0.39 is 0 Å². The van der Waals surface area contributed by atoms with Gasteiger partial charge in [-0.2, -0.15) is 0 Å². The summed E-state index contributed by atoms with van der Waals surface area (Å²) in [6.45, 7) is 2.69. The van der Waals surface area contributed by atoms with Crippen molar-refractivity contribution in [3.05, 3.63) is 41.6 Å². The van der Waals surface area contributed by atoms with Gasteiger partial charge in [-0.1, -0.05) is 24.3 Å². The Morgan fingerprint density at radius 3 is 2.86 bits per heavy atom. The van der Waals surface area contributed by atoms with E-state index in [1.807, 2.05) is 13.0 Å². The van der Waals surface area contributed by atoms with Gasteiger partial charge >= 0.3 is 0 Å². The maximum absolute atomic E-state index is 5.56. The predicted molar refractivity (Wildman–Crippen MR) is 59.2 cm³/mol. The molecule has 0 saturated heterocycles. The number of fused-ring (bicyclic) bond motifs is 1. The molecular formula is C12H14N2. The highest BCUT2D eigenvalue weighted by Crippen LogP contribution is 2.17. The fourth-order valence-corrected chi connectivity index (χ4v) is 1.66. The van der Waals surface area contributed by atoms with Crippen LogP contribution in [-0.2, 0) is 6.42 Å². The fraction of sp³-hybridized carbons (Fsp3) is 0.250. The van der Waals surface area contributed by atoms with Crippen molar-refractivity contribution in [2.75, 3.05) is 6.54 Å². The van der Waals surface area contributed by atoms with Gasteiger partial charge in [-0.25, -0.2) is 0 Å². The van der Waals surface area contributed by atoms with Gasteiger partial charge in [0, 0.05) is 11.1 Å².